The molecule has 4 heterocycles. The Balaban J connectivity index is 1.16. The maximum Gasteiger partial charge on any atom is 0.335 e. The fraction of sp³-hybridized carbons (Fsp3) is 0.412. The summed E-state index contributed by atoms with van der Waals surface area (Å²) in [6, 6.07) is 18.5. The van der Waals surface area contributed by atoms with E-state index in [1.165, 1.54) is 0 Å². The number of carboxylic acids is 1. The van der Waals surface area contributed by atoms with E-state index < -0.39 is 5.97 Å². The van der Waals surface area contributed by atoms with Crippen molar-refractivity contribution in [3.8, 4) is 17.7 Å². The van der Waals surface area contributed by atoms with Crippen LogP contribution in [0.2, 0.25) is 0 Å². The third-order valence-electron chi connectivity index (χ3n) is 9.29. The largest absolute Gasteiger partial charge is 0.496 e. The molecular formula is C34H37N5O5. The highest BCUT2D eigenvalue weighted by atomic mass is 16.5. The molecule has 1 N–H and O–H groups in total. The summed E-state index contributed by atoms with van der Waals surface area (Å²) in [6.45, 7) is 8.68. The summed E-state index contributed by atoms with van der Waals surface area (Å²) in [5, 5.41) is 18.7. The average molecular weight is 596 g/mol. The molecule has 2 fully saturated rings. The number of pyridine rings is 1. The van der Waals surface area contributed by atoms with Crippen molar-refractivity contribution in [2.75, 3.05) is 26.8 Å². The number of aromatic nitrogens is 3. The Bertz CT molecular complexity index is 1730. The third-order valence-corrected chi connectivity index (χ3v) is 9.29. The van der Waals surface area contributed by atoms with E-state index in [0.717, 1.165) is 60.7 Å². The van der Waals surface area contributed by atoms with Gasteiger partial charge >= 0.3 is 5.97 Å². The predicted octanol–water partition coefficient (Wildman–Crippen LogP) is 5.18. The first kappa shape index (κ1) is 29.6. The topological polar surface area (TPSA) is 123 Å². The minimum atomic E-state index is -0.942. The Morgan fingerprint density at radius 1 is 1.20 bits per heavy atom. The number of hydrogen-bond acceptors (Lipinski definition) is 8. The Morgan fingerprint density at radius 2 is 2.05 bits per heavy atom. The van der Waals surface area contributed by atoms with E-state index >= 15 is 0 Å². The summed E-state index contributed by atoms with van der Waals surface area (Å²) < 4.78 is 19.4. The first-order chi connectivity index (χ1) is 21.3. The number of nitrogens with zero attached hydrogens (tertiary/aromatic N) is 5. The number of ether oxygens (including phenoxy) is 3. The fourth-order valence-corrected chi connectivity index (χ4v) is 6.20. The van der Waals surface area contributed by atoms with Crippen LogP contribution >= 0.6 is 0 Å². The highest BCUT2D eigenvalue weighted by Crippen LogP contribution is 2.39. The predicted molar refractivity (Wildman–Crippen MR) is 164 cm³/mol. The van der Waals surface area contributed by atoms with E-state index in [2.05, 4.69) is 35.5 Å². The van der Waals surface area contributed by atoms with Gasteiger partial charge in [0.15, 0.2) is 0 Å². The molecule has 2 saturated heterocycles. The van der Waals surface area contributed by atoms with Crippen molar-refractivity contribution in [2.45, 2.75) is 57.9 Å². The lowest BCUT2D eigenvalue weighted by Gasteiger charge is -2.44. The summed E-state index contributed by atoms with van der Waals surface area (Å²) >= 11 is 0. The van der Waals surface area contributed by atoms with Crippen LogP contribution in [0.25, 0.3) is 11.0 Å². The number of rotatable bonds is 10. The number of benzene rings is 2. The van der Waals surface area contributed by atoms with Gasteiger partial charge in [0.2, 0.25) is 5.88 Å². The van der Waals surface area contributed by atoms with E-state index in [9.17, 15) is 15.2 Å². The van der Waals surface area contributed by atoms with Gasteiger partial charge in [-0.1, -0.05) is 26.0 Å². The first-order valence-electron chi connectivity index (χ1n) is 15.0. The van der Waals surface area contributed by atoms with E-state index in [1.54, 1.807) is 37.4 Å². The van der Waals surface area contributed by atoms with Crippen LogP contribution < -0.4 is 9.47 Å². The van der Waals surface area contributed by atoms with Gasteiger partial charge < -0.3 is 23.9 Å². The number of nitriles is 1. The van der Waals surface area contributed by atoms with Gasteiger partial charge in [-0.05, 0) is 61.7 Å². The van der Waals surface area contributed by atoms with Gasteiger partial charge in [-0.25, -0.2) is 14.8 Å². The number of likely N-dealkylation sites (tertiary alicyclic amines) is 1. The minimum absolute atomic E-state index is 0.127. The molecule has 10 nitrogen and oxygen atoms in total. The van der Waals surface area contributed by atoms with Crippen molar-refractivity contribution >= 4 is 17.0 Å². The SMILES string of the molecule is COc1cc(C#N)ccc1COc1cccc(C2(C)CCN(Cc3nc4ccc(C(=O)O)cc4n3C[C@@H]3CCO3)CC2C)n1. The number of hydrogen-bond donors (Lipinski definition) is 1. The molecule has 228 valence electrons. The molecule has 0 spiro atoms. The Hall–Kier alpha value is -4.46. The summed E-state index contributed by atoms with van der Waals surface area (Å²) in [5.74, 6) is 1.47. The molecule has 0 bridgehead atoms. The van der Waals surface area contributed by atoms with Gasteiger partial charge in [0, 0.05) is 30.2 Å². The molecule has 2 unspecified atom stereocenters. The van der Waals surface area contributed by atoms with Crippen molar-refractivity contribution in [1.29, 1.82) is 5.26 Å². The number of imidazole rings is 1. The highest BCUT2D eigenvalue weighted by molar-refractivity contribution is 5.92. The highest BCUT2D eigenvalue weighted by Gasteiger charge is 2.39. The Labute approximate surface area is 256 Å². The van der Waals surface area contributed by atoms with Gasteiger partial charge in [0.25, 0.3) is 0 Å². The second-order valence-corrected chi connectivity index (χ2v) is 12.0. The van der Waals surface area contributed by atoms with Gasteiger partial charge in [-0.15, -0.1) is 0 Å². The summed E-state index contributed by atoms with van der Waals surface area (Å²) in [4.78, 5) is 24.0. The number of aromatic carboxylic acids is 1. The molecule has 2 aromatic carbocycles. The molecular weight excluding hydrogens is 558 g/mol. The molecule has 6 rings (SSSR count). The third kappa shape index (κ3) is 5.85. The zero-order valence-electron chi connectivity index (χ0n) is 25.3. The average Bonchev–Trinajstić information content (AvgIpc) is 3.35. The van der Waals surface area contributed by atoms with Crippen LogP contribution in [0.4, 0.5) is 0 Å². The van der Waals surface area contributed by atoms with E-state index in [-0.39, 0.29) is 23.7 Å². The van der Waals surface area contributed by atoms with E-state index in [0.29, 0.717) is 36.2 Å². The van der Waals surface area contributed by atoms with Crippen LogP contribution in [0.15, 0.2) is 54.6 Å². The smallest absolute Gasteiger partial charge is 0.335 e. The molecule has 0 radical (unpaired) electrons. The first-order valence-corrected chi connectivity index (χ1v) is 15.0. The quantitative estimate of drug-likeness (QED) is 0.264. The molecule has 44 heavy (non-hydrogen) atoms. The van der Waals surface area contributed by atoms with E-state index in [1.807, 2.05) is 18.2 Å². The monoisotopic (exact) mass is 595 g/mol. The maximum atomic E-state index is 11.7. The standard InChI is InChI=1S/C34H37N5O5/c1-22-18-38(20-31-36-27-10-9-24(33(40)41)16-28(27)39(31)19-26-11-14-43-26)13-12-34(22,2)30-5-4-6-32(37-30)44-21-25-8-7-23(17-35)15-29(25)42-3/h4-10,15-16,22,26H,11-14,18-21H2,1-3H3,(H,40,41)/t22?,26-,34?/m0/s1. The van der Waals surface area contributed by atoms with Gasteiger partial charge in [-0.3, -0.25) is 4.90 Å². The number of carboxylic acid groups (broad SMARTS) is 1. The van der Waals surface area contributed by atoms with Crippen molar-refractivity contribution in [1.82, 2.24) is 19.4 Å². The Kier molecular flexibility index (Phi) is 8.25. The lowest BCUT2D eigenvalue weighted by molar-refractivity contribution is -0.0592. The molecule has 4 aromatic rings. The number of piperidine rings is 1. The van der Waals surface area contributed by atoms with Gasteiger partial charge in [0.1, 0.15) is 18.2 Å². The molecule has 10 heteroatoms. The molecule has 3 atom stereocenters. The van der Waals surface area contributed by atoms with Crippen molar-refractivity contribution in [3.05, 3.63) is 82.8 Å². The van der Waals surface area contributed by atoms with Crippen LogP contribution in [-0.2, 0) is 29.8 Å². The zero-order valence-corrected chi connectivity index (χ0v) is 25.3. The lowest BCUT2D eigenvalue weighted by Crippen LogP contribution is -2.47. The van der Waals surface area contributed by atoms with Crippen LogP contribution in [0.1, 0.15) is 59.7 Å². The molecule has 0 saturated carbocycles. The van der Waals surface area contributed by atoms with Crippen molar-refractivity contribution in [3.63, 3.8) is 0 Å². The summed E-state index contributed by atoms with van der Waals surface area (Å²) in [5.41, 5.74) is 4.15. The van der Waals surface area contributed by atoms with Crippen LogP contribution in [0.3, 0.4) is 0 Å². The number of fused-ring (bicyclic) bond motifs is 1. The molecule has 2 aliphatic rings. The van der Waals surface area contributed by atoms with Crippen LogP contribution in [-0.4, -0.2) is 63.4 Å². The second kappa shape index (κ2) is 12.3. The van der Waals surface area contributed by atoms with E-state index in [4.69, 9.17) is 24.2 Å². The maximum absolute atomic E-state index is 11.7. The van der Waals surface area contributed by atoms with Gasteiger partial charge in [-0.2, -0.15) is 5.26 Å². The molecule has 2 aromatic heterocycles. The normalized spacial score (nSPS) is 21.9. The van der Waals surface area contributed by atoms with Crippen molar-refractivity contribution in [2.24, 2.45) is 5.92 Å². The van der Waals surface area contributed by atoms with Crippen LogP contribution in [0, 0.1) is 17.2 Å². The molecule has 2 aliphatic heterocycles. The second-order valence-electron chi connectivity index (χ2n) is 12.0. The minimum Gasteiger partial charge on any atom is -0.496 e. The lowest BCUT2D eigenvalue weighted by atomic mass is 9.70. The van der Waals surface area contributed by atoms with Crippen molar-refractivity contribution < 1.29 is 24.1 Å². The van der Waals surface area contributed by atoms with Gasteiger partial charge in [0.05, 0.1) is 60.2 Å². The summed E-state index contributed by atoms with van der Waals surface area (Å²) in [7, 11) is 1.58. The number of carbonyl (C=O) groups is 1. The fourth-order valence-electron chi connectivity index (χ4n) is 6.20. The summed E-state index contributed by atoms with van der Waals surface area (Å²) in [6.07, 6.45) is 2.04. The Morgan fingerprint density at radius 3 is 2.75 bits per heavy atom. The zero-order chi connectivity index (χ0) is 30.8. The molecule has 0 aliphatic carbocycles. The van der Waals surface area contributed by atoms with Crippen LogP contribution in [0.5, 0.6) is 11.6 Å². The molecule has 0 amide bonds. The number of methoxy groups -OCH3 is 1.